The molecule has 38 heavy (non-hydrogen) atoms. The number of benzene rings is 2. The lowest BCUT2D eigenvalue weighted by Crippen LogP contribution is -2.51. The molecule has 0 spiro atoms. The van der Waals surface area contributed by atoms with Crippen molar-refractivity contribution < 1.29 is 32.3 Å². The summed E-state index contributed by atoms with van der Waals surface area (Å²) in [5.41, 5.74) is 0.908. The molecule has 0 atom stereocenters. The number of fused-ring (bicyclic) bond motifs is 2. The summed E-state index contributed by atoms with van der Waals surface area (Å²) in [6.07, 6.45) is 0.550. The monoisotopic (exact) mass is 538 g/mol. The van der Waals surface area contributed by atoms with E-state index in [4.69, 9.17) is 9.47 Å². The first-order valence-corrected chi connectivity index (χ1v) is 13.7. The van der Waals surface area contributed by atoms with E-state index in [9.17, 15) is 22.8 Å². The normalized spacial score (nSPS) is 15.4. The van der Waals surface area contributed by atoms with Crippen LogP contribution in [0.5, 0.6) is 11.5 Å². The molecule has 11 nitrogen and oxygen atoms in total. The average molecular weight is 539 g/mol. The molecular formula is C26H26N4O7S. The second-order valence-electron chi connectivity index (χ2n) is 8.83. The standard InChI is InChI=1S/C26H26N4O7S/c1-3-38(34,35)17-9-10-22-21(13-17)28(25(32)16-37-22)15-24(31)29-11-6-12-30(29)26(33)20-14-23(36-2)18-7-4-5-8-19(18)27-20/h4-5,7-10,13-14H,3,6,11-12,15-16H2,1-2H3. The summed E-state index contributed by atoms with van der Waals surface area (Å²) in [4.78, 5) is 45.3. The van der Waals surface area contributed by atoms with E-state index in [1.807, 2.05) is 18.2 Å². The fourth-order valence-corrected chi connectivity index (χ4v) is 5.47. The van der Waals surface area contributed by atoms with Crippen LogP contribution in [0.25, 0.3) is 10.9 Å². The molecule has 2 aliphatic rings. The Morgan fingerprint density at radius 1 is 1.08 bits per heavy atom. The Hall–Kier alpha value is -4.19. The first kappa shape index (κ1) is 25.5. The van der Waals surface area contributed by atoms with Crippen molar-refractivity contribution in [1.82, 2.24) is 15.0 Å². The Balaban J connectivity index is 1.41. The maximum atomic E-state index is 13.5. The van der Waals surface area contributed by atoms with Crippen LogP contribution in [0, 0.1) is 0 Å². The SMILES string of the molecule is CCS(=O)(=O)c1ccc2c(c1)N(CC(=O)N1CCCN1C(=O)c1cc(OC)c3ccccc3n1)C(=O)CO2. The van der Waals surface area contributed by atoms with Crippen molar-refractivity contribution in [3.8, 4) is 11.5 Å². The van der Waals surface area contributed by atoms with Gasteiger partial charge >= 0.3 is 0 Å². The lowest BCUT2D eigenvalue weighted by molar-refractivity contribution is -0.140. The van der Waals surface area contributed by atoms with E-state index in [0.717, 1.165) is 5.39 Å². The molecule has 2 aliphatic heterocycles. The van der Waals surface area contributed by atoms with Crippen LogP contribution in [0.4, 0.5) is 5.69 Å². The highest BCUT2D eigenvalue weighted by Gasteiger charge is 2.36. The molecule has 3 aromatic rings. The van der Waals surface area contributed by atoms with E-state index < -0.39 is 27.6 Å². The van der Waals surface area contributed by atoms with Gasteiger partial charge in [-0.25, -0.2) is 23.4 Å². The van der Waals surface area contributed by atoms with Gasteiger partial charge in [0.2, 0.25) is 0 Å². The van der Waals surface area contributed by atoms with Crippen molar-refractivity contribution in [3.05, 3.63) is 54.2 Å². The number of ether oxygens (including phenoxy) is 2. The van der Waals surface area contributed by atoms with Gasteiger partial charge in [0.05, 0.1) is 29.0 Å². The van der Waals surface area contributed by atoms with Crippen molar-refractivity contribution in [1.29, 1.82) is 0 Å². The van der Waals surface area contributed by atoms with Gasteiger partial charge in [-0.1, -0.05) is 19.1 Å². The Labute approximate surface area is 219 Å². The van der Waals surface area contributed by atoms with E-state index in [1.54, 1.807) is 12.1 Å². The average Bonchev–Trinajstić information content (AvgIpc) is 3.43. The van der Waals surface area contributed by atoms with Crippen LogP contribution in [0.2, 0.25) is 0 Å². The number of hydrogen-bond donors (Lipinski definition) is 0. The van der Waals surface area contributed by atoms with Gasteiger partial charge in [-0.15, -0.1) is 0 Å². The number of aromatic nitrogens is 1. The van der Waals surface area contributed by atoms with Crippen LogP contribution in [-0.2, 0) is 19.4 Å². The van der Waals surface area contributed by atoms with Crippen molar-refractivity contribution in [2.75, 3.05) is 44.0 Å². The molecule has 5 rings (SSSR count). The van der Waals surface area contributed by atoms with Crippen LogP contribution >= 0.6 is 0 Å². The Morgan fingerprint density at radius 3 is 2.61 bits per heavy atom. The van der Waals surface area contributed by atoms with E-state index >= 15 is 0 Å². The summed E-state index contributed by atoms with van der Waals surface area (Å²) in [5.74, 6) is -0.773. The molecule has 198 valence electrons. The van der Waals surface area contributed by atoms with Gasteiger partial charge in [0.1, 0.15) is 23.7 Å². The number of anilines is 1. The number of sulfone groups is 1. The molecule has 3 amide bonds. The topological polar surface area (TPSA) is 126 Å². The molecule has 1 saturated heterocycles. The molecule has 2 aromatic carbocycles. The number of carbonyl (C=O) groups excluding carboxylic acids is 3. The van der Waals surface area contributed by atoms with Gasteiger partial charge in [-0.2, -0.15) is 0 Å². The highest BCUT2D eigenvalue weighted by molar-refractivity contribution is 7.91. The van der Waals surface area contributed by atoms with Crippen molar-refractivity contribution >= 4 is 44.1 Å². The number of amides is 3. The highest BCUT2D eigenvalue weighted by Crippen LogP contribution is 2.35. The molecule has 1 fully saturated rings. The van der Waals surface area contributed by atoms with Gasteiger partial charge in [0, 0.05) is 24.5 Å². The minimum absolute atomic E-state index is 0.0313. The maximum Gasteiger partial charge on any atom is 0.291 e. The summed E-state index contributed by atoms with van der Waals surface area (Å²) in [5, 5.41) is 3.39. The second-order valence-corrected chi connectivity index (χ2v) is 11.1. The van der Waals surface area contributed by atoms with Crippen LogP contribution in [-0.4, -0.2) is 80.2 Å². The number of rotatable bonds is 6. The fraction of sp³-hybridized carbons (Fsp3) is 0.308. The predicted molar refractivity (Wildman–Crippen MR) is 138 cm³/mol. The molecule has 0 N–H and O–H groups in total. The number of methoxy groups -OCH3 is 1. The number of nitrogens with zero attached hydrogens (tertiary/aromatic N) is 4. The maximum absolute atomic E-state index is 13.5. The van der Waals surface area contributed by atoms with Gasteiger partial charge in [-0.3, -0.25) is 19.3 Å². The zero-order valence-corrected chi connectivity index (χ0v) is 21.7. The first-order chi connectivity index (χ1) is 18.2. The van der Waals surface area contributed by atoms with Crippen LogP contribution in [0.3, 0.4) is 0 Å². The van der Waals surface area contributed by atoms with Crippen molar-refractivity contribution in [3.63, 3.8) is 0 Å². The summed E-state index contributed by atoms with van der Waals surface area (Å²) in [6, 6.07) is 13.1. The number of hydrazine groups is 1. The largest absolute Gasteiger partial charge is 0.496 e. The quantitative estimate of drug-likeness (QED) is 0.467. The third kappa shape index (κ3) is 4.51. The number of para-hydroxylation sites is 1. The minimum atomic E-state index is -3.55. The van der Waals surface area contributed by atoms with E-state index in [0.29, 0.717) is 30.0 Å². The van der Waals surface area contributed by atoms with Crippen LogP contribution < -0.4 is 14.4 Å². The Morgan fingerprint density at radius 2 is 1.84 bits per heavy atom. The van der Waals surface area contributed by atoms with Gasteiger partial charge in [-0.05, 0) is 36.8 Å². The highest BCUT2D eigenvalue weighted by atomic mass is 32.2. The zero-order valence-electron chi connectivity index (χ0n) is 20.9. The molecule has 0 unspecified atom stereocenters. The molecule has 0 bridgehead atoms. The lowest BCUT2D eigenvalue weighted by Gasteiger charge is -2.33. The summed E-state index contributed by atoms with van der Waals surface area (Å²) < 4.78 is 35.7. The minimum Gasteiger partial charge on any atom is -0.496 e. The Kier molecular flexibility index (Phi) is 6.66. The number of carbonyl (C=O) groups is 3. The lowest BCUT2D eigenvalue weighted by atomic mass is 10.1. The summed E-state index contributed by atoms with van der Waals surface area (Å²) in [6.45, 7) is 1.43. The van der Waals surface area contributed by atoms with Gasteiger partial charge in [0.15, 0.2) is 16.4 Å². The second kappa shape index (κ2) is 9.93. The number of pyridine rings is 1. The molecule has 12 heteroatoms. The number of hydrogen-bond acceptors (Lipinski definition) is 8. The molecule has 0 radical (unpaired) electrons. The third-order valence-corrected chi connectivity index (χ3v) is 8.31. The molecular weight excluding hydrogens is 512 g/mol. The molecule has 3 heterocycles. The first-order valence-electron chi connectivity index (χ1n) is 12.1. The Bertz CT molecular complexity index is 1560. The smallest absolute Gasteiger partial charge is 0.291 e. The zero-order chi connectivity index (χ0) is 27.0. The van der Waals surface area contributed by atoms with E-state index in [-0.39, 0.29) is 41.7 Å². The molecule has 0 saturated carbocycles. The fourth-order valence-electron chi connectivity index (χ4n) is 4.57. The van der Waals surface area contributed by atoms with Crippen molar-refractivity contribution in [2.45, 2.75) is 18.2 Å². The molecule has 0 aliphatic carbocycles. The molecule has 1 aromatic heterocycles. The van der Waals surface area contributed by atoms with Gasteiger partial charge < -0.3 is 9.47 Å². The van der Waals surface area contributed by atoms with E-state index in [2.05, 4.69) is 4.98 Å². The van der Waals surface area contributed by atoms with E-state index in [1.165, 1.54) is 47.2 Å². The van der Waals surface area contributed by atoms with Crippen LogP contribution in [0.1, 0.15) is 23.8 Å². The van der Waals surface area contributed by atoms with Crippen LogP contribution in [0.15, 0.2) is 53.4 Å². The van der Waals surface area contributed by atoms with Crippen molar-refractivity contribution in [2.24, 2.45) is 0 Å². The summed E-state index contributed by atoms with van der Waals surface area (Å²) >= 11 is 0. The summed E-state index contributed by atoms with van der Waals surface area (Å²) in [7, 11) is -2.04. The third-order valence-electron chi connectivity index (χ3n) is 6.58. The van der Waals surface area contributed by atoms with Gasteiger partial charge in [0.25, 0.3) is 17.7 Å². The predicted octanol–water partition coefficient (Wildman–Crippen LogP) is 2.05.